The van der Waals surface area contributed by atoms with Gasteiger partial charge in [0.1, 0.15) is 5.75 Å². The van der Waals surface area contributed by atoms with E-state index in [0.717, 1.165) is 30.6 Å². The molecule has 0 bridgehead atoms. The second-order valence-electron chi connectivity index (χ2n) is 8.11. The van der Waals surface area contributed by atoms with Crippen molar-refractivity contribution in [2.24, 2.45) is 17.8 Å². The van der Waals surface area contributed by atoms with Crippen molar-refractivity contribution in [1.29, 1.82) is 0 Å². The van der Waals surface area contributed by atoms with Crippen LogP contribution in [-0.4, -0.2) is 29.8 Å². The minimum atomic E-state index is -0.725. The molecule has 0 spiro atoms. The average Bonchev–Trinajstić information content (AvgIpc) is 3.62. The number of ether oxygens (including phenoxy) is 2. The Hall–Kier alpha value is -2.56. The van der Waals surface area contributed by atoms with Gasteiger partial charge in [0.15, 0.2) is 0 Å². The van der Waals surface area contributed by atoms with Gasteiger partial charge in [-0.1, -0.05) is 25.1 Å². The maximum atomic E-state index is 11.5. The zero-order valence-corrected chi connectivity index (χ0v) is 16.4. The number of aromatic nitrogens is 1. The van der Waals surface area contributed by atoms with E-state index in [1.165, 1.54) is 5.56 Å². The van der Waals surface area contributed by atoms with Crippen molar-refractivity contribution in [3.8, 4) is 11.6 Å². The number of carboxylic acid groups (broad SMARTS) is 1. The maximum Gasteiger partial charge on any atom is 0.306 e. The van der Waals surface area contributed by atoms with E-state index in [-0.39, 0.29) is 11.8 Å². The highest BCUT2D eigenvalue weighted by molar-refractivity contribution is 5.71. The molecule has 4 rings (SSSR count). The highest BCUT2D eigenvalue weighted by Crippen LogP contribution is 2.49. The van der Waals surface area contributed by atoms with Crippen molar-refractivity contribution < 1.29 is 19.4 Å². The third-order valence-corrected chi connectivity index (χ3v) is 6.08. The molecule has 2 aliphatic rings. The molecule has 1 aromatic carbocycles. The lowest BCUT2D eigenvalue weighted by molar-refractivity contribution is -0.142. The molecule has 0 aliphatic heterocycles. The second kappa shape index (κ2) is 7.82. The number of methoxy groups -OCH3 is 1. The fourth-order valence-electron chi connectivity index (χ4n) is 4.16. The number of rotatable bonds is 9. The van der Waals surface area contributed by atoms with E-state index in [1.807, 2.05) is 43.5 Å². The summed E-state index contributed by atoms with van der Waals surface area (Å²) < 4.78 is 11.2. The summed E-state index contributed by atoms with van der Waals surface area (Å²) in [5.41, 5.74) is 2.31. The van der Waals surface area contributed by atoms with E-state index in [4.69, 9.17) is 9.47 Å². The minimum Gasteiger partial charge on any atom is -0.493 e. The van der Waals surface area contributed by atoms with Crippen LogP contribution in [0.25, 0.3) is 0 Å². The van der Waals surface area contributed by atoms with E-state index in [9.17, 15) is 9.90 Å². The average molecular weight is 381 g/mol. The van der Waals surface area contributed by atoms with Crippen molar-refractivity contribution in [3.63, 3.8) is 0 Å². The summed E-state index contributed by atoms with van der Waals surface area (Å²) in [5.74, 6) is 1.91. The van der Waals surface area contributed by atoms with Crippen molar-refractivity contribution >= 4 is 5.97 Å². The molecule has 1 heterocycles. The Morgan fingerprint density at radius 3 is 2.75 bits per heavy atom. The van der Waals surface area contributed by atoms with Crippen molar-refractivity contribution in [1.82, 2.24) is 4.98 Å². The van der Waals surface area contributed by atoms with Crippen molar-refractivity contribution in [2.45, 2.75) is 38.0 Å². The summed E-state index contributed by atoms with van der Waals surface area (Å²) in [6.45, 7) is 2.49. The van der Waals surface area contributed by atoms with Gasteiger partial charge in [-0.25, -0.2) is 4.98 Å². The first-order valence-electron chi connectivity index (χ1n) is 10.0. The highest BCUT2D eigenvalue weighted by Gasteiger charge is 2.40. The number of carbonyl (C=O) groups is 1. The Balaban J connectivity index is 1.37. The number of nitrogens with zero attached hydrogens (tertiary/aromatic N) is 1. The number of benzene rings is 1. The number of pyridine rings is 1. The molecular weight excluding hydrogens is 354 g/mol. The van der Waals surface area contributed by atoms with Crippen LogP contribution in [0.1, 0.15) is 49.1 Å². The lowest BCUT2D eigenvalue weighted by Gasteiger charge is -2.21. The molecule has 2 aromatic rings. The Kier molecular flexibility index (Phi) is 5.25. The van der Waals surface area contributed by atoms with Crippen LogP contribution in [0.15, 0.2) is 42.6 Å². The van der Waals surface area contributed by atoms with Gasteiger partial charge in [0, 0.05) is 18.2 Å². The topological polar surface area (TPSA) is 68.7 Å². The lowest BCUT2D eigenvalue weighted by atomic mass is 9.83. The number of hydrogen-bond donors (Lipinski definition) is 1. The van der Waals surface area contributed by atoms with Crippen LogP contribution in [0.5, 0.6) is 11.6 Å². The molecule has 0 saturated heterocycles. The molecule has 1 N–H and O–H groups in total. The van der Waals surface area contributed by atoms with E-state index < -0.39 is 5.97 Å². The largest absolute Gasteiger partial charge is 0.493 e. The van der Waals surface area contributed by atoms with Crippen molar-refractivity contribution in [3.05, 3.63) is 53.7 Å². The summed E-state index contributed by atoms with van der Waals surface area (Å²) in [6.07, 6.45) is 5.23. The van der Waals surface area contributed by atoms with Gasteiger partial charge in [-0.3, -0.25) is 4.79 Å². The maximum absolute atomic E-state index is 11.5. The summed E-state index contributed by atoms with van der Waals surface area (Å²) in [5, 5.41) is 9.47. The van der Waals surface area contributed by atoms with Gasteiger partial charge in [0.05, 0.1) is 19.6 Å². The van der Waals surface area contributed by atoms with Gasteiger partial charge in [-0.15, -0.1) is 0 Å². The molecule has 0 radical (unpaired) electrons. The molecule has 5 nitrogen and oxygen atoms in total. The van der Waals surface area contributed by atoms with Crippen molar-refractivity contribution in [2.75, 3.05) is 13.7 Å². The zero-order valence-electron chi connectivity index (χ0n) is 16.4. The molecule has 148 valence electrons. The second-order valence-corrected chi connectivity index (χ2v) is 8.11. The summed E-state index contributed by atoms with van der Waals surface area (Å²) in [6, 6.07) is 12.0. The SMILES string of the molecule is COc1ccc([C@H]2C[C@@H]2COc2cccc(C(C3CC3)[C@H](C)C(=O)O)c2)cn1. The smallest absolute Gasteiger partial charge is 0.306 e. The van der Waals surface area contributed by atoms with E-state index in [2.05, 4.69) is 11.1 Å². The van der Waals surface area contributed by atoms with Crippen LogP contribution < -0.4 is 9.47 Å². The van der Waals surface area contributed by atoms with Crippen LogP contribution in [0.2, 0.25) is 0 Å². The molecular formula is C23H27NO4. The molecule has 28 heavy (non-hydrogen) atoms. The Labute approximate surface area is 165 Å². The third kappa shape index (κ3) is 4.13. The normalized spacial score (nSPS) is 22.9. The fraction of sp³-hybridized carbons (Fsp3) is 0.478. The highest BCUT2D eigenvalue weighted by atomic mass is 16.5. The number of carboxylic acids is 1. The van der Waals surface area contributed by atoms with E-state index >= 15 is 0 Å². The quantitative estimate of drug-likeness (QED) is 0.693. The van der Waals surface area contributed by atoms with E-state index in [1.54, 1.807) is 7.11 Å². The summed E-state index contributed by atoms with van der Waals surface area (Å²) >= 11 is 0. The summed E-state index contributed by atoms with van der Waals surface area (Å²) in [4.78, 5) is 15.8. The van der Waals surface area contributed by atoms with Gasteiger partial charge in [-0.2, -0.15) is 0 Å². The monoisotopic (exact) mass is 381 g/mol. The predicted molar refractivity (Wildman–Crippen MR) is 106 cm³/mol. The molecule has 2 aliphatic carbocycles. The summed E-state index contributed by atoms with van der Waals surface area (Å²) in [7, 11) is 1.62. The van der Waals surface area contributed by atoms with Crippen LogP contribution in [0.4, 0.5) is 0 Å². The van der Waals surface area contributed by atoms with Crippen LogP contribution in [-0.2, 0) is 4.79 Å². The van der Waals surface area contributed by atoms with Gasteiger partial charge < -0.3 is 14.6 Å². The van der Waals surface area contributed by atoms with Gasteiger partial charge in [0.2, 0.25) is 5.88 Å². The Morgan fingerprint density at radius 2 is 2.11 bits per heavy atom. The number of aliphatic carboxylic acids is 1. The van der Waals surface area contributed by atoms with Crippen LogP contribution in [0.3, 0.4) is 0 Å². The molecule has 2 saturated carbocycles. The zero-order chi connectivity index (χ0) is 19.7. The molecule has 2 fully saturated rings. The van der Waals surface area contributed by atoms with Crippen LogP contribution in [0, 0.1) is 17.8 Å². The van der Waals surface area contributed by atoms with Gasteiger partial charge in [-0.05, 0) is 60.3 Å². The molecule has 4 atom stereocenters. The van der Waals surface area contributed by atoms with Gasteiger partial charge >= 0.3 is 5.97 Å². The molecule has 5 heteroatoms. The molecule has 1 aromatic heterocycles. The van der Waals surface area contributed by atoms with E-state index in [0.29, 0.717) is 30.2 Å². The van der Waals surface area contributed by atoms with Gasteiger partial charge in [0.25, 0.3) is 0 Å². The predicted octanol–water partition coefficient (Wildman–Crippen LogP) is 4.49. The minimum absolute atomic E-state index is 0.0695. The molecule has 1 unspecified atom stereocenters. The lowest BCUT2D eigenvalue weighted by Crippen LogP contribution is -2.20. The molecule has 0 amide bonds. The first kappa shape index (κ1) is 18.8. The number of hydrogen-bond acceptors (Lipinski definition) is 4. The Bertz CT molecular complexity index is 831. The first-order valence-corrected chi connectivity index (χ1v) is 10.0. The third-order valence-electron chi connectivity index (χ3n) is 6.08. The Morgan fingerprint density at radius 1 is 1.29 bits per heavy atom. The van der Waals surface area contributed by atoms with Crippen LogP contribution >= 0.6 is 0 Å². The standard InChI is InChI=1S/C23H27NO4/c1-14(23(25)26)22(15-6-7-15)16-4-3-5-19(10-16)28-13-18-11-20(18)17-8-9-21(27-2)24-12-17/h3-5,8-10,12,14-15,18,20,22H,6-7,11,13H2,1-2H3,(H,25,26)/t14-,18+,20+,22?/m0/s1. The first-order chi connectivity index (χ1) is 13.6. The fourth-order valence-corrected chi connectivity index (χ4v) is 4.16.